The minimum absolute atomic E-state index is 0.143. The number of likely N-dealkylation sites (N-methyl/N-ethyl adjacent to an activating group) is 1. The maximum atomic E-state index is 10.5. The second kappa shape index (κ2) is 9.03. The third kappa shape index (κ3) is 4.16. The van der Waals surface area contributed by atoms with Gasteiger partial charge in [-0.25, -0.2) is 0 Å². The number of likely N-dealkylation sites (tertiary alicyclic amines) is 1. The van der Waals surface area contributed by atoms with Crippen molar-refractivity contribution in [2.24, 2.45) is 0 Å². The molecular formula is C29H36N6O2. The molecule has 1 aromatic heterocycles. The summed E-state index contributed by atoms with van der Waals surface area (Å²) in [7, 11) is 2.22. The Balaban J connectivity index is 1.26. The van der Waals surface area contributed by atoms with E-state index < -0.39 is 0 Å². The number of phenolic OH excluding ortho intramolecular Hbond substituents is 1. The molecule has 2 N–H and O–H groups in total. The summed E-state index contributed by atoms with van der Waals surface area (Å²) in [5.41, 5.74) is 3.21. The summed E-state index contributed by atoms with van der Waals surface area (Å²) >= 11 is 0. The van der Waals surface area contributed by atoms with Crippen molar-refractivity contribution < 1.29 is 9.84 Å². The molecule has 0 radical (unpaired) electrons. The molecule has 0 spiro atoms. The summed E-state index contributed by atoms with van der Waals surface area (Å²) in [6.45, 7) is 6.50. The summed E-state index contributed by atoms with van der Waals surface area (Å²) in [5.74, 6) is 1.35. The molecule has 4 aliphatic rings. The van der Waals surface area contributed by atoms with Crippen molar-refractivity contribution >= 4 is 22.3 Å². The van der Waals surface area contributed by atoms with E-state index in [0.717, 1.165) is 86.5 Å². The van der Waals surface area contributed by atoms with Crippen LogP contribution < -0.4 is 19.9 Å². The van der Waals surface area contributed by atoms with Crippen LogP contribution >= 0.6 is 0 Å². The van der Waals surface area contributed by atoms with Gasteiger partial charge >= 0.3 is 6.01 Å². The number of benzene rings is 2. The second-order valence-electron chi connectivity index (χ2n) is 11.2. The molecule has 1 atom stereocenters. The Bertz CT molecular complexity index is 1320. The average molecular weight is 501 g/mol. The number of ether oxygens (including phenoxy) is 1. The lowest BCUT2D eigenvalue weighted by Crippen LogP contribution is -2.45. The predicted molar refractivity (Wildman–Crippen MR) is 146 cm³/mol. The van der Waals surface area contributed by atoms with Gasteiger partial charge in [-0.15, -0.1) is 0 Å². The van der Waals surface area contributed by atoms with Crippen molar-refractivity contribution in [2.45, 2.75) is 50.3 Å². The van der Waals surface area contributed by atoms with Gasteiger partial charge in [-0.2, -0.15) is 9.97 Å². The van der Waals surface area contributed by atoms with E-state index in [1.807, 2.05) is 18.2 Å². The molecule has 0 bridgehead atoms. The number of phenols is 1. The largest absolute Gasteiger partial charge is 0.508 e. The molecule has 194 valence electrons. The van der Waals surface area contributed by atoms with E-state index in [0.29, 0.717) is 24.3 Å². The van der Waals surface area contributed by atoms with E-state index in [2.05, 4.69) is 45.3 Å². The van der Waals surface area contributed by atoms with Crippen molar-refractivity contribution in [3.8, 4) is 11.8 Å². The third-order valence-electron chi connectivity index (χ3n) is 8.77. The number of fused-ring (bicyclic) bond motifs is 2. The molecule has 7 rings (SSSR count). The summed E-state index contributed by atoms with van der Waals surface area (Å²) in [4.78, 5) is 17.4. The highest BCUT2D eigenvalue weighted by molar-refractivity contribution is 5.95. The van der Waals surface area contributed by atoms with E-state index in [1.54, 1.807) is 0 Å². The average Bonchev–Trinajstić information content (AvgIpc) is 3.56. The predicted octanol–water partition coefficient (Wildman–Crippen LogP) is 3.31. The Kier molecular flexibility index (Phi) is 5.62. The van der Waals surface area contributed by atoms with Gasteiger partial charge in [0.1, 0.15) is 17.2 Å². The second-order valence-corrected chi connectivity index (χ2v) is 11.2. The molecule has 3 fully saturated rings. The lowest BCUT2D eigenvalue weighted by atomic mass is 10.0. The lowest BCUT2D eigenvalue weighted by molar-refractivity contribution is 0.0759. The first kappa shape index (κ1) is 23.0. The summed E-state index contributed by atoms with van der Waals surface area (Å²) in [5, 5.41) is 16.1. The smallest absolute Gasteiger partial charge is 0.319 e. The molecule has 2 saturated heterocycles. The van der Waals surface area contributed by atoms with Crippen LogP contribution in [0.5, 0.6) is 11.8 Å². The third-order valence-corrected chi connectivity index (χ3v) is 8.77. The normalized spacial score (nSPS) is 23.3. The fourth-order valence-corrected chi connectivity index (χ4v) is 6.70. The molecule has 0 amide bonds. The zero-order valence-corrected chi connectivity index (χ0v) is 21.6. The van der Waals surface area contributed by atoms with Gasteiger partial charge in [0.2, 0.25) is 0 Å². The van der Waals surface area contributed by atoms with Gasteiger partial charge in [0.25, 0.3) is 0 Å². The zero-order chi connectivity index (χ0) is 25.0. The first-order chi connectivity index (χ1) is 18.1. The molecule has 37 heavy (non-hydrogen) atoms. The van der Waals surface area contributed by atoms with Crippen LogP contribution in [0.25, 0.3) is 10.8 Å². The number of aromatic hydroxyl groups is 1. The molecule has 1 saturated carbocycles. The van der Waals surface area contributed by atoms with Gasteiger partial charge in [-0.05, 0) is 57.1 Å². The lowest BCUT2D eigenvalue weighted by Gasteiger charge is -2.36. The quantitative estimate of drug-likeness (QED) is 0.553. The van der Waals surface area contributed by atoms with E-state index in [4.69, 9.17) is 14.7 Å². The van der Waals surface area contributed by atoms with E-state index in [-0.39, 0.29) is 5.60 Å². The minimum Gasteiger partial charge on any atom is -0.508 e. The van der Waals surface area contributed by atoms with E-state index in [9.17, 15) is 5.11 Å². The Morgan fingerprint density at radius 2 is 1.86 bits per heavy atom. The van der Waals surface area contributed by atoms with Gasteiger partial charge in [-0.3, -0.25) is 4.90 Å². The number of hydrogen-bond donors (Lipinski definition) is 2. The Hall–Kier alpha value is -3.10. The van der Waals surface area contributed by atoms with Crippen molar-refractivity contribution in [1.29, 1.82) is 0 Å². The molecule has 2 aromatic carbocycles. The van der Waals surface area contributed by atoms with Crippen LogP contribution in [0.1, 0.15) is 36.9 Å². The number of piperazine rings is 1. The maximum Gasteiger partial charge on any atom is 0.319 e. The molecule has 8 nitrogen and oxygen atoms in total. The number of nitrogens with zero attached hydrogens (tertiary/aromatic N) is 5. The Labute approximate surface area is 218 Å². The summed E-state index contributed by atoms with van der Waals surface area (Å²) < 4.78 is 6.73. The summed E-state index contributed by atoms with van der Waals surface area (Å²) in [6.07, 6.45) is 5.44. The van der Waals surface area contributed by atoms with E-state index >= 15 is 0 Å². The van der Waals surface area contributed by atoms with E-state index in [1.165, 1.54) is 18.4 Å². The van der Waals surface area contributed by atoms with Crippen LogP contribution in [-0.2, 0) is 13.0 Å². The molecule has 8 heteroatoms. The highest BCUT2D eigenvalue weighted by atomic mass is 16.5. The van der Waals surface area contributed by atoms with Crippen LogP contribution in [0.4, 0.5) is 11.5 Å². The Morgan fingerprint density at radius 3 is 2.65 bits per heavy atom. The number of aromatic nitrogens is 2. The molecule has 1 aliphatic carbocycles. The first-order valence-electron chi connectivity index (χ1n) is 13.8. The van der Waals surface area contributed by atoms with Gasteiger partial charge in [0.15, 0.2) is 0 Å². The highest BCUT2D eigenvalue weighted by Crippen LogP contribution is 2.48. The maximum absolute atomic E-state index is 10.5. The number of hydrogen-bond acceptors (Lipinski definition) is 8. The van der Waals surface area contributed by atoms with Gasteiger partial charge in [0.05, 0.1) is 12.2 Å². The van der Waals surface area contributed by atoms with Crippen molar-refractivity contribution in [3.05, 3.63) is 47.7 Å². The molecule has 3 aliphatic heterocycles. The Morgan fingerprint density at radius 1 is 1.03 bits per heavy atom. The zero-order valence-electron chi connectivity index (χ0n) is 21.6. The number of anilines is 2. The summed E-state index contributed by atoms with van der Waals surface area (Å²) in [6, 6.07) is 13.0. The molecule has 0 unspecified atom stereocenters. The first-order valence-corrected chi connectivity index (χ1v) is 13.8. The van der Waals surface area contributed by atoms with Crippen LogP contribution in [0.2, 0.25) is 0 Å². The standard InChI is InChI=1S/C29H36N6O2/c1-33-13-4-7-26(33)29(9-10-29)37-28-31-24-19-35(25-18-21(36)17-20-5-2-3-6-22(20)25)14-8-23(24)27(32-28)34-15-11-30-12-16-34/h2-3,5-6,17-18,26,30,36H,4,7-16,19H2,1H3/t26-/m0/s1. The van der Waals surface area contributed by atoms with Crippen LogP contribution in [0.3, 0.4) is 0 Å². The number of nitrogens with one attached hydrogen (secondary N) is 1. The van der Waals surface area contributed by atoms with Crippen LogP contribution in [0.15, 0.2) is 36.4 Å². The fraction of sp³-hybridized carbons (Fsp3) is 0.517. The van der Waals surface area contributed by atoms with Crippen molar-refractivity contribution in [3.63, 3.8) is 0 Å². The highest BCUT2D eigenvalue weighted by Gasteiger charge is 2.55. The van der Waals surface area contributed by atoms with Gasteiger partial charge in [0, 0.05) is 61.5 Å². The number of rotatable bonds is 5. The topological polar surface area (TPSA) is 77.0 Å². The minimum atomic E-state index is -0.143. The molecular weight excluding hydrogens is 464 g/mol. The fourth-order valence-electron chi connectivity index (χ4n) is 6.70. The monoisotopic (exact) mass is 500 g/mol. The van der Waals surface area contributed by atoms with Crippen LogP contribution in [-0.4, -0.2) is 77.9 Å². The van der Waals surface area contributed by atoms with Gasteiger partial charge in [-0.1, -0.05) is 24.3 Å². The van der Waals surface area contributed by atoms with Crippen molar-refractivity contribution in [2.75, 3.05) is 56.1 Å². The SMILES string of the molecule is CN1CCC[C@H]1C1(Oc2nc3c(c(N4CCNCC4)n2)CCN(c2cc(O)cc4ccccc24)C3)CC1. The van der Waals surface area contributed by atoms with Crippen molar-refractivity contribution in [1.82, 2.24) is 20.2 Å². The molecule has 4 heterocycles. The van der Waals surface area contributed by atoms with Gasteiger partial charge < -0.3 is 25.0 Å². The van der Waals surface area contributed by atoms with Crippen LogP contribution in [0, 0.1) is 0 Å². The molecule has 3 aromatic rings.